The van der Waals surface area contributed by atoms with Crippen molar-refractivity contribution in [2.45, 2.75) is 84.0 Å². The molecule has 0 spiro atoms. The van der Waals surface area contributed by atoms with Crippen LogP contribution in [0.4, 0.5) is 4.39 Å². The zero-order valence-corrected chi connectivity index (χ0v) is 17.1. The van der Waals surface area contributed by atoms with Crippen molar-refractivity contribution in [2.75, 3.05) is 0 Å². The number of hydrogen-bond acceptors (Lipinski definition) is 0. The maximum atomic E-state index is 12.5. The van der Waals surface area contributed by atoms with Gasteiger partial charge in [0.05, 0.1) is 6.33 Å². The summed E-state index contributed by atoms with van der Waals surface area (Å²) < 4.78 is 12.5. The molecule has 0 saturated heterocycles. The minimum atomic E-state index is 0.510. The summed E-state index contributed by atoms with van der Waals surface area (Å²) in [6.07, 6.45) is 18.5. The molecule has 3 aliphatic rings. The lowest BCUT2D eigenvalue weighted by atomic mass is 9.61. The average Bonchev–Trinajstić information content (AvgIpc) is 2.71. The highest BCUT2D eigenvalue weighted by Crippen LogP contribution is 2.48. The molecule has 0 aliphatic heterocycles. The first-order chi connectivity index (χ1) is 13.3. The van der Waals surface area contributed by atoms with Gasteiger partial charge in [0.1, 0.15) is 0 Å². The summed E-state index contributed by atoms with van der Waals surface area (Å²) in [6.45, 7) is 2.28. The Hall–Kier alpha value is -1.11. The molecule has 1 aromatic rings. The van der Waals surface area contributed by atoms with Crippen molar-refractivity contribution in [3.8, 4) is 0 Å². The average molecular weight is 369 g/mol. The van der Waals surface area contributed by atoms with Gasteiger partial charge in [0.2, 0.25) is 0 Å². The molecule has 3 unspecified atom stereocenters. The second-order valence-corrected chi connectivity index (χ2v) is 9.69. The van der Waals surface area contributed by atoms with Crippen LogP contribution in [0.2, 0.25) is 0 Å². The third-order valence-electron chi connectivity index (χ3n) is 8.06. The molecular weight excluding hydrogens is 331 g/mol. The topological polar surface area (TPSA) is 0 Å². The van der Waals surface area contributed by atoms with E-state index in [4.69, 9.17) is 0 Å². The van der Waals surface area contributed by atoms with E-state index in [0.717, 1.165) is 30.0 Å². The van der Waals surface area contributed by atoms with Crippen LogP contribution in [0.5, 0.6) is 0 Å². The Morgan fingerprint density at radius 1 is 0.926 bits per heavy atom. The van der Waals surface area contributed by atoms with E-state index in [1.54, 1.807) is 16.7 Å². The van der Waals surface area contributed by atoms with E-state index in [-0.39, 0.29) is 0 Å². The number of rotatable bonds is 5. The molecule has 0 radical (unpaired) electrons. The van der Waals surface area contributed by atoms with Crippen LogP contribution in [-0.2, 0) is 19.3 Å². The molecule has 4 rings (SSSR count). The first kappa shape index (κ1) is 19.2. The van der Waals surface area contributed by atoms with Crippen molar-refractivity contribution < 1.29 is 4.39 Å². The van der Waals surface area contributed by atoms with Gasteiger partial charge in [-0.25, -0.2) is 4.39 Å². The summed E-state index contributed by atoms with van der Waals surface area (Å²) in [5.41, 5.74) is 4.84. The van der Waals surface area contributed by atoms with Crippen molar-refractivity contribution in [3.05, 3.63) is 47.3 Å². The number of unbranched alkanes of at least 4 members (excludes halogenated alkanes) is 1. The number of fused-ring (bicyclic) bond motifs is 2. The van der Waals surface area contributed by atoms with Crippen LogP contribution in [0, 0.1) is 29.6 Å². The Labute approximate surface area is 165 Å². The minimum absolute atomic E-state index is 0.510. The van der Waals surface area contributed by atoms with Crippen molar-refractivity contribution in [3.63, 3.8) is 0 Å². The molecule has 27 heavy (non-hydrogen) atoms. The highest BCUT2D eigenvalue weighted by atomic mass is 19.1. The number of allylic oxidation sites excluding steroid dienone is 1. The van der Waals surface area contributed by atoms with Crippen LogP contribution in [0.1, 0.15) is 81.4 Å². The standard InChI is InChI=1S/C26H37F/c1-2-3-4-19-5-7-23-17-25(11-9-21(23)15-19)26-12-10-22-16-20(13-14-27)6-8-24(22)18-26/h5,7,13-15,20,22,24-26H,2-4,6,8-12,16-18H2,1H3/t20-,22?,24+,25?,26?/m0/s1. The lowest BCUT2D eigenvalue weighted by Gasteiger charge is -2.44. The molecule has 1 aromatic carbocycles. The second kappa shape index (κ2) is 8.93. The van der Waals surface area contributed by atoms with E-state index >= 15 is 0 Å². The zero-order chi connectivity index (χ0) is 18.6. The molecule has 0 N–H and O–H groups in total. The summed E-state index contributed by atoms with van der Waals surface area (Å²) in [6, 6.07) is 7.36. The third kappa shape index (κ3) is 4.49. The fourth-order valence-corrected chi connectivity index (χ4v) is 6.44. The van der Waals surface area contributed by atoms with Crippen LogP contribution in [0.15, 0.2) is 30.6 Å². The van der Waals surface area contributed by atoms with Gasteiger partial charge >= 0.3 is 0 Å². The van der Waals surface area contributed by atoms with Crippen LogP contribution in [0.25, 0.3) is 0 Å². The van der Waals surface area contributed by atoms with Gasteiger partial charge in [-0.2, -0.15) is 0 Å². The largest absolute Gasteiger partial charge is 0.216 e. The monoisotopic (exact) mass is 368 g/mol. The van der Waals surface area contributed by atoms with Crippen molar-refractivity contribution in [1.29, 1.82) is 0 Å². The lowest BCUT2D eigenvalue weighted by Crippen LogP contribution is -2.34. The smallest absolute Gasteiger partial charge is 0.0829 e. The van der Waals surface area contributed by atoms with E-state index in [9.17, 15) is 4.39 Å². The van der Waals surface area contributed by atoms with Crippen LogP contribution in [-0.4, -0.2) is 0 Å². The van der Waals surface area contributed by atoms with E-state index < -0.39 is 0 Å². The van der Waals surface area contributed by atoms with Gasteiger partial charge in [-0.3, -0.25) is 0 Å². The summed E-state index contributed by atoms with van der Waals surface area (Å²) in [4.78, 5) is 0. The first-order valence-electron chi connectivity index (χ1n) is 11.6. The first-order valence-corrected chi connectivity index (χ1v) is 11.6. The number of benzene rings is 1. The van der Waals surface area contributed by atoms with Gasteiger partial charge in [-0.05, 0) is 117 Å². The van der Waals surface area contributed by atoms with Gasteiger partial charge in [0.25, 0.3) is 0 Å². The van der Waals surface area contributed by atoms with E-state index in [0.29, 0.717) is 5.92 Å². The minimum Gasteiger partial charge on any atom is -0.216 e. The molecule has 2 saturated carbocycles. The fourth-order valence-electron chi connectivity index (χ4n) is 6.44. The Bertz CT molecular complexity index is 646. The number of hydrogen-bond donors (Lipinski definition) is 0. The molecule has 148 valence electrons. The molecule has 0 heterocycles. The highest BCUT2D eigenvalue weighted by molar-refractivity contribution is 5.34. The Balaban J connectivity index is 1.35. The van der Waals surface area contributed by atoms with Gasteiger partial charge in [-0.15, -0.1) is 0 Å². The quantitative estimate of drug-likeness (QED) is 0.506. The van der Waals surface area contributed by atoms with Gasteiger partial charge in [-0.1, -0.05) is 37.6 Å². The van der Waals surface area contributed by atoms with E-state index in [1.165, 1.54) is 77.0 Å². The Morgan fingerprint density at radius 2 is 1.70 bits per heavy atom. The van der Waals surface area contributed by atoms with E-state index in [1.807, 2.05) is 6.08 Å². The maximum Gasteiger partial charge on any atom is 0.0829 e. The molecule has 5 atom stereocenters. The molecule has 0 aromatic heterocycles. The van der Waals surface area contributed by atoms with Crippen molar-refractivity contribution in [2.24, 2.45) is 29.6 Å². The SMILES string of the molecule is CCCCc1ccc2c(c1)CCC(C1CCC3C[C@H](C=CF)CC[C@@H]3C1)C2. The Morgan fingerprint density at radius 3 is 2.52 bits per heavy atom. The zero-order valence-electron chi connectivity index (χ0n) is 17.1. The van der Waals surface area contributed by atoms with Crippen LogP contribution < -0.4 is 0 Å². The fraction of sp³-hybridized carbons (Fsp3) is 0.692. The predicted octanol–water partition coefficient (Wildman–Crippen LogP) is 7.45. The second-order valence-electron chi connectivity index (χ2n) is 9.69. The Kier molecular flexibility index (Phi) is 6.35. The van der Waals surface area contributed by atoms with Crippen LogP contribution in [0.3, 0.4) is 0 Å². The summed E-state index contributed by atoms with van der Waals surface area (Å²) in [5, 5.41) is 0. The van der Waals surface area contributed by atoms with Gasteiger partial charge in [0.15, 0.2) is 0 Å². The number of halogens is 1. The van der Waals surface area contributed by atoms with Crippen LogP contribution >= 0.6 is 0 Å². The molecule has 0 nitrogen and oxygen atoms in total. The molecule has 0 bridgehead atoms. The van der Waals surface area contributed by atoms with Gasteiger partial charge < -0.3 is 0 Å². The number of aryl methyl sites for hydroxylation is 2. The third-order valence-corrected chi connectivity index (χ3v) is 8.06. The predicted molar refractivity (Wildman–Crippen MR) is 112 cm³/mol. The molecule has 0 amide bonds. The normalized spacial score (nSPS) is 33.6. The maximum absolute atomic E-state index is 12.5. The van der Waals surface area contributed by atoms with E-state index in [2.05, 4.69) is 25.1 Å². The highest BCUT2D eigenvalue weighted by Gasteiger charge is 2.38. The summed E-state index contributed by atoms with van der Waals surface area (Å²) >= 11 is 0. The molecule has 2 fully saturated rings. The summed E-state index contributed by atoms with van der Waals surface area (Å²) in [7, 11) is 0. The molecular formula is C26H37F. The lowest BCUT2D eigenvalue weighted by molar-refractivity contribution is 0.0809. The van der Waals surface area contributed by atoms with Gasteiger partial charge in [0, 0.05) is 0 Å². The molecule has 3 aliphatic carbocycles. The van der Waals surface area contributed by atoms with Crippen molar-refractivity contribution in [1.82, 2.24) is 0 Å². The molecule has 1 heteroatoms. The van der Waals surface area contributed by atoms with Crippen molar-refractivity contribution >= 4 is 0 Å². The summed E-state index contributed by atoms with van der Waals surface area (Å²) in [5.74, 6) is 4.14.